The number of nitrogens with zero attached hydrogens (tertiary/aromatic N) is 1. The third-order valence-electron chi connectivity index (χ3n) is 4.03. The fourth-order valence-electron chi connectivity index (χ4n) is 2.78. The van der Waals surface area contributed by atoms with Crippen LogP contribution in [-0.4, -0.2) is 12.4 Å². The minimum atomic E-state index is 0.498. The summed E-state index contributed by atoms with van der Waals surface area (Å²) in [6.45, 7) is 5.64. The van der Waals surface area contributed by atoms with Crippen molar-refractivity contribution in [3.05, 3.63) is 89.0 Å². The summed E-state index contributed by atoms with van der Waals surface area (Å²) in [7, 11) is 0. The predicted molar refractivity (Wildman–Crippen MR) is 103 cm³/mol. The van der Waals surface area contributed by atoms with Crippen LogP contribution in [-0.2, 0) is 0 Å². The lowest BCUT2D eigenvalue weighted by atomic mass is 9.90. The molecule has 118 valence electrons. The van der Waals surface area contributed by atoms with E-state index in [1.807, 2.05) is 49.4 Å². The van der Waals surface area contributed by atoms with E-state index in [-0.39, 0.29) is 0 Å². The number of hydrogen-bond acceptors (Lipinski definition) is 3. The SMILES string of the molecule is C=Nc1ccc(C(=C2C=CC(=N)C=C2)c2ccc(N)cc2)cc1C. The number of nitrogen functional groups attached to an aromatic ring is 1. The molecule has 24 heavy (non-hydrogen) atoms. The van der Waals surface area contributed by atoms with E-state index >= 15 is 0 Å². The highest BCUT2D eigenvalue weighted by atomic mass is 14.7. The Bertz CT molecular complexity index is 879. The third-order valence-corrected chi connectivity index (χ3v) is 4.03. The molecular weight excluding hydrogens is 294 g/mol. The van der Waals surface area contributed by atoms with Gasteiger partial charge in [-0.3, -0.25) is 4.99 Å². The van der Waals surface area contributed by atoms with E-state index in [1.54, 1.807) is 12.2 Å². The van der Waals surface area contributed by atoms with Crippen LogP contribution in [0, 0.1) is 12.3 Å². The quantitative estimate of drug-likeness (QED) is 0.617. The van der Waals surface area contributed by atoms with Crippen molar-refractivity contribution in [2.75, 3.05) is 5.73 Å². The number of nitrogens with one attached hydrogen (secondary N) is 1. The lowest BCUT2D eigenvalue weighted by molar-refractivity contribution is 1.38. The Labute approximate surface area is 142 Å². The van der Waals surface area contributed by atoms with Crippen LogP contribution >= 0.6 is 0 Å². The highest BCUT2D eigenvalue weighted by molar-refractivity contribution is 6.05. The van der Waals surface area contributed by atoms with Crippen molar-refractivity contribution in [2.24, 2.45) is 4.99 Å². The van der Waals surface area contributed by atoms with Crippen molar-refractivity contribution in [1.82, 2.24) is 0 Å². The highest BCUT2D eigenvalue weighted by Gasteiger charge is 2.12. The van der Waals surface area contributed by atoms with Crippen molar-refractivity contribution < 1.29 is 0 Å². The van der Waals surface area contributed by atoms with E-state index in [1.165, 1.54) is 0 Å². The number of anilines is 1. The second-order valence-corrected chi connectivity index (χ2v) is 5.73. The normalized spacial score (nSPS) is 13.2. The standard InChI is InChI=1S/C21H19N3/c1-14-13-17(7-12-20(14)24-2)21(15-3-8-18(22)9-4-15)16-5-10-19(23)11-6-16/h3-13,22H,2,23H2,1H3. The largest absolute Gasteiger partial charge is 0.399 e. The first-order valence-corrected chi connectivity index (χ1v) is 7.71. The Morgan fingerprint density at radius 1 is 0.958 bits per heavy atom. The van der Waals surface area contributed by atoms with E-state index in [2.05, 4.69) is 23.8 Å². The second-order valence-electron chi connectivity index (χ2n) is 5.73. The van der Waals surface area contributed by atoms with E-state index in [0.29, 0.717) is 5.71 Å². The molecule has 3 N–H and O–H groups in total. The van der Waals surface area contributed by atoms with Gasteiger partial charge in [-0.05, 0) is 77.9 Å². The minimum Gasteiger partial charge on any atom is -0.399 e. The number of nitrogens with two attached hydrogens (primary N) is 1. The van der Waals surface area contributed by atoms with Crippen LogP contribution in [0.4, 0.5) is 11.4 Å². The molecule has 3 heteroatoms. The highest BCUT2D eigenvalue weighted by Crippen LogP contribution is 2.32. The first-order chi connectivity index (χ1) is 11.6. The smallest absolute Gasteiger partial charge is 0.0651 e. The number of hydrogen-bond donors (Lipinski definition) is 2. The van der Waals surface area contributed by atoms with Crippen LogP contribution in [0.15, 0.2) is 77.3 Å². The Balaban J connectivity index is 2.21. The first kappa shape index (κ1) is 15.7. The molecule has 2 aromatic carbocycles. The molecule has 0 amide bonds. The van der Waals surface area contributed by atoms with Gasteiger partial charge in [0.25, 0.3) is 0 Å². The summed E-state index contributed by atoms with van der Waals surface area (Å²) in [6, 6.07) is 14.0. The molecule has 0 spiro atoms. The maximum absolute atomic E-state index is 7.71. The van der Waals surface area contributed by atoms with Crippen LogP contribution in [0.2, 0.25) is 0 Å². The summed E-state index contributed by atoms with van der Waals surface area (Å²) in [6.07, 6.45) is 7.56. The fourth-order valence-corrected chi connectivity index (χ4v) is 2.78. The van der Waals surface area contributed by atoms with E-state index in [0.717, 1.165) is 39.2 Å². The summed E-state index contributed by atoms with van der Waals surface area (Å²) in [5.74, 6) is 0. The van der Waals surface area contributed by atoms with E-state index in [4.69, 9.17) is 11.1 Å². The zero-order chi connectivity index (χ0) is 17.1. The van der Waals surface area contributed by atoms with Crippen LogP contribution < -0.4 is 5.73 Å². The number of aryl methyl sites for hydroxylation is 1. The number of allylic oxidation sites excluding steroid dienone is 5. The zero-order valence-corrected chi connectivity index (χ0v) is 13.6. The molecule has 1 aliphatic rings. The molecule has 0 fully saturated rings. The van der Waals surface area contributed by atoms with E-state index in [9.17, 15) is 0 Å². The van der Waals surface area contributed by atoms with Gasteiger partial charge >= 0.3 is 0 Å². The van der Waals surface area contributed by atoms with Gasteiger partial charge < -0.3 is 11.1 Å². The van der Waals surface area contributed by atoms with Crippen molar-refractivity contribution in [2.45, 2.75) is 6.92 Å². The molecule has 0 aromatic heterocycles. The number of aliphatic imine (C=N–C) groups is 1. The van der Waals surface area contributed by atoms with Crippen molar-refractivity contribution in [1.29, 1.82) is 5.41 Å². The third kappa shape index (κ3) is 3.10. The Morgan fingerprint density at radius 2 is 1.58 bits per heavy atom. The van der Waals surface area contributed by atoms with Crippen LogP contribution in [0.1, 0.15) is 16.7 Å². The lowest BCUT2D eigenvalue weighted by Gasteiger charge is -2.15. The van der Waals surface area contributed by atoms with Crippen LogP contribution in [0.3, 0.4) is 0 Å². The van der Waals surface area contributed by atoms with Gasteiger partial charge in [0, 0.05) is 5.69 Å². The monoisotopic (exact) mass is 313 g/mol. The van der Waals surface area contributed by atoms with Gasteiger partial charge in [0.15, 0.2) is 0 Å². The van der Waals surface area contributed by atoms with Gasteiger partial charge in [0.1, 0.15) is 0 Å². The maximum Gasteiger partial charge on any atom is 0.0651 e. The van der Waals surface area contributed by atoms with Gasteiger partial charge in [-0.2, -0.15) is 0 Å². The molecule has 3 nitrogen and oxygen atoms in total. The molecule has 0 saturated carbocycles. The van der Waals surface area contributed by atoms with Gasteiger partial charge in [-0.25, -0.2) is 0 Å². The molecule has 0 heterocycles. The first-order valence-electron chi connectivity index (χ1n) is 7.71. The average Bonchev–Trinajstić information content (AvgIpc) is 2.59. The summed E-state index contributed by atoms with van der Waals surface area (Å²) >= 11 is 0. The topological polar surface area (TPSA) is 62.2 Å². The minimum absolute atomic E-state index is 0.498. The molecule has 3 rings (SSSR count). The van der Waals surface area contributed by atoms with Gasteiger partial charge in [-0.1, -0.05) is 30.4 Å². The average molecular weight is 313 g/mol. The Morgan fingerprint density at radius 3 is 2.17 bits per heavy atom. The van der Waals surface area contributed by atoms with Crippen LogP contribution in [0.5, 0.6) is 0 Å². The maximum atomic E-state index is 7.71. The molecule has 0 radical (unpaired) electrons. The predicted octanol–water partition coefficient (Wildman–Crippen LogP) is 4.86. The Kier molecular flexibility index (Phi) is 4.25. The molecule has 1 aliphatic carbocycles. The summed E-state index contributed by atoms with van der Waals surface area (Å²) in [5.41, 5.74) is 13.4. The number of rotatable bonds is 3. The van der Waals surface area contributed by atoms with Crippen molar-refractivity contribution in [3.63, 3.8) is 0 Å². The van der Waals surface area contributed by atoms with Gasteiger partial charge in [-0.15, -0.1) is 0 Å². The van der Waals surface area contributed by atoms with Crippen LogP contribution in [0.25, 0.3) is 5.57 Å². The molecule has 0 saturated heterocycles. The van der Waals surface area contributed by atoms with E-state index < -0.39 is 0 Å². The second kappa shape index (κ2) is 6.50. The lowest BCUT2D eigenvalue weighted by Crippen LogP contribution is -1.97. The summed E-state index contributed by atoms with van der Waals surface area (Å²) < 4.78 is 0. The molecule has 0 bridgehead atoms. The van der Waals surface area contributed by atoms with Gasteiger partial charge in [0.05, 0.1) is 11.4 Å². The molecule has 0 unspecified atom stereocenters. The molecule has 0 atom stereocenters. The van der Waals surface area contributed by atoms with Crippen molar-refractivity contribution in [3.8, 4) is 0 Å². The molecule has 0 aliphatic heterocycles. The summed E-state index contributed by atoms with van der Waals surface area (Å²) in [5, 5.41) is 7.71. The van der Waals surface area contributed by atoms with Gasteiger partial charge in [0.2, 0.25) is 0 Å². The number of benzene rings is 2. The fraction of sp³-hybridized carbons (Fsp3) is 0.0476. The zero-order valence-electron chi connectivity index (χ0n) is 13.6. The molecular formula is C21H19N3. The summed E-state index contributed by atoms with van der Waals surface area (Å²) in [4.78, 5) is 4.04. The Hall–Kier alpha value is -3.20. The van der Waals surface area contributed by atoms with Crippen molar-refractivity contribution >= 4 is 29.4 Å². The molecule has 2 aromatic rings.